The lowest BCUT2D eigenvalue weighted by Crippen LogP contribution is -2.30. The second-order valence-electron chi connectivity index (χ2n) is 8.77. The van der Waals surface area contributed by atoms with Crippen LogP contribution in [0.1, 0.15) is 72.5 Å². The van der Waals surface area contributed by atoms with E-state index < -0.39 is 0 Å². The Hall–Kier alpha value is -2.66. The Kier molecular flexibility index (Phi) is 6.66. The number of pyridine rings is 1. The van der Waals surface area contributed by atoms with Crippen LogP contribution in [0.3, 0.4) is 0 Å². The van der Waals surface area contributed by atoms with Crippen LogP contribution >= 0.6 is 12.2 Å². The molecule has 0 aliphatic carbocycles. The van der Waals surface area contributed by atoms with E-state index >= 15 is 0 Å². The van der Waals surface area contributed by atoms with Crippen molar-refractivity contribution >= 4 is 17.3 Å². The number of unbranched alkanes of at least 4 members (excludes halogenated alkanes) is 1. The average Bonchev–Trinajstić information content (AvgIpc) is 3.27. The summed E-state index contributed by atoms with van der Waals surface area (Å²) in [6.45, 7) is 12.1. The maximum Gasteiger partial charge on any atom is 0.170 e. The lowest BCUT2D eigenvalue weighted by atomic mass is 9.96. The number of nitrogens with zero attached hydrogens (tertiary/aromatic N) is 3. The zero-order chi connectivity index (χ0) is 22.8. The van der Waals surface area contributed by atoms with Crippen molar-refractivity contribution in [1.29, 1.82) is 0 Å². The highest BCUT2D eigenvalue weighted by atomic mass is 32.1. The van der Waals surface area contributed by atoms with Gasteiger partial charge >= 0.3 is 0 Å². The molecular weight excluding hydrogens is 412 g/mol. The van der Waals surface area contributed by atoms with E-state index in [0.29, 0.717) is 0 Å². The molecule has 0 unspecified atom stereocenters. The zero-order valence-corrected chi connectivity index (χ0v) is 20.7. The zero-order valence-electron chi connectivity index (χ0n) is 19.9. The van der Waals surface area contributed by atoms with Crippen LogP contribution in [0.5, 0.6) is 0 Å². The lowest BCUT2D eigenvalue weighted by Gasteiger charge is -2.28. The fourth-order valence-corrected chi connectivity index (χ4v) is 5.40. The molecule has 1 aromatic carbocycles. The van der Waals surface area contributed by atoms with E-state index in [-0.39, 0.29) is 12.1 Å². The van der Waals surface area contributed by atoms with Crippen LogP contribution in [0.25, 0.3) is 5.69 Å². The molecule has 0 saturated carbocycles. The molecule has 0 amide bonds. The molecule has 168 valence electrons. The number of hydrogen-bond donors (Lipinski definition) is 1. The highest BCUT2D eigenvalue weighted by Gasteiger charge is 2.41. The summed E-state index contributed by atoms with van der Waals surface area (Å²) in [6, 6.07) is 15.3. The minimum atomic E-state index is 0.0389. The average molecular weight is 447 g/mol. The summed E-state index contributed by atoms with van der Waals surface area (Å²) in [6.07, 6.45) is 5.14. The predicted octanol–water partition coefficient (Wildman–Crippen LogP) is 6.13. The number of aryl methyl sites for hydroxylation is 3. The Morgan fingerprint density at radius 2 is 1.88 bits per heavy atom. The molecule has 2 atom stereocenters. The third-order valence-corrected chi connectivity index (χ3v) is 7.02. The van der Waals surface area contributed by atoms with Crippen molar-refractivity contribution in [3.05, 3.63) is 82.4 Å². The summed E-state index contributed by atoms with van der Waals surface area (Å²) in [5, 5.41) is 4.42. The van der Waals surface area contributed by atoms with Gasteiger partial charge in [0.15, 0.2) is 5.11 Å². The number of hydrogen-bond acceptors (Lipinski definition) is 2. The molecule has 3 heterocycles. The van der Waals surface area contributed by atoms with E-state index in [1.165, 1.54) is 33.8 Å². The molecule has 3 aromatic rings. The van der Waals surface area contributed by atoms with Crippen molar-refractivity contribution in [2.45, 2.75) is 66.0 Å². The van der Waals surface area contributed by atoms with Crippen molar-refractivity contribution in [2.24, 2.45) is 0 Å². The molecular formula is C27H34N4S. The van der Waals surface area contributed by atoms with Crippen molar-refractivity contribution in [3.63, 3.8) is 0 Å². The van der Waals surface area contributed by atoms with Crippen LogP contribution in [-0.4, -0.2) is 26.1 Å². The van der Waals surface area contributed by atoms with Gasteiger partial charge in [-0.25, -0.2) is 0 Å². The van der Waals surface area contributed by atoms with Gasteiger partial charge in [0.2, 0.25) is 0 Å². The van der Waals surface area contributed by atoms with E-state index in [2.05, 4.69) is 90.8 Å². The summed E-state index contributed by atoms with van der Waals surface area (Å²) in [7, 11) is 0. The molecule has 1 aliphatic rings. The largest absolute Gasteiger partial charge is 0.352 e. The SMILES string of the molecule is CCCCN1C(=S)N[C@@H](c2ccccn2)[C@H]1c1cc(C)n(-c2c(C)cccc2CC)c1C. The minimum absolute atomic E-state index is 0.0389. The quantitative estimate of drug-likeness (QED) is 0.442. The summed E-state index contributed by atoms with van der Waals surface area (Å²) in [5.41, 5.74) is 8.91. The van der Waals surface area contributed by atoms with Gasteiger partial charge in [-0.3, -0.25) is 4.98 Å². The third kappa shape index (κ3) is 3.95. The summed E-state index contributed by atoms with van der Waals surface area (Å²) in [5.74, 6) is 0. The van der Waals surface area contributed by atoms with Crippen molar-refractivity contribution in [1.82, 2.24) is 19.8 Å². The third-order valence-electron chi connectivity index (χ3n) is 6.67. The van der Waals surface area contributed by atoms with Crippen molar-refractivity contribution in [3.8, 4) is 5.69 Å². The summed E-state index contributed by atoms with van der Waals surface area (Å²) in [4.78, 5) is 7.07. The number of para-hydroxylation sites is 1. The number of rotatable bonds is 7. The Labute approximate surface area is 197 Å². The first-order chi connectivity index (χ1) is 15.5. The molecule has 32 heavy (non-hydrogen) atoms. The standard InChI is InChI=1S/C27H34N4S/c1-6-8-16-30-26(24(29-27(30)32)23-14-9-10-15-28-23)22-17-19(4)31(20(22)5)25-18(3)12-11-13-21(25)7-2/h9-15,17,24,26H,6-8,16H2,1-5H3,(H,29,32)/t24-,26+/m0/s1. The minimum Gasteiger partial charge on any atom is -0.352 e. The molecule has 0 radical (unpaired) electrons. The first kappa shape index (κ1) is 22.5. The second kappa shape index (κ2) is 9.45. The number of benzene rings is 1. The van der Waals surface area contributed by atoms with E-state index in [9.17, 15) is 0 Å². The van der Waals surface area contributed by atoms with Gasteiger partial charge < -0.3 is 14.8 Å². The molecule has 1 saturated heterocycles. The van der Waals surface area contributed by atoms with Crippen LogP contribution in [0.4, 0.5) is 0 Å². The van der Waals surface area contributed by atoms with Gasteiger partial charge in [0.05, 0.1) is 23.5 Å². The van der Waals surface area contributed by atoms with Crippen LogP contribution in [0.15, 0.2) is 48.7 Å². The van der Waals surface area contributed by atoms with E-state index in [4.69, 9.17) is 12.2 Å². The van der Waals surface area contributed by atoms with Gasteiger partial charge in [-0.15, -0.1) is 0 Å². The fourth-order valence-electron chi connectivity index (χ4n) is 5.07. The maximum atomic E-state index is 5.82. The smallest absolute Gasteiger partial charge is 0.170 e. The number of aromatic nitrogens is 2. The van der Waals surface area contributed by atoms with Crippen LogP contribution in [0, 0.1) is 20.8 Å². The molecule has 4 nitrogen and oxygen atoms in total. The molecule has 2 aromatic heterocycles. The van der Waals surface area contributed by atoms with Crippen LogP contribution in [0.2, 0.25) is 0 Å². The highest BCUT2D eigenvalue weighted by molar-refractivity contribution is 7.80. The van der Waals surface area contributed by atoms with Gasteiger partial charge in [-0.05, 0) is 80.7 Å². The Morgan fingerprint density at radius 1 is 1.06 bits per heavy atom. The van der Waals surface area contributed by atoms with Gasteiger partial charge in [0.25, 0.3) is 0 Å². The number of nitrogens with one attached hydrogen (secondary N) is 1. The van der Waals surface area contributed by atoms with E-state index in [1.54, 1.807) is 0 Å². The highest BCUT2D eigenvalue weighted by Crippen LogP contribution is 2.42. The summed E-state index contributed by atoms with van der Waals surface area (Å²) >= 11 is 5.82. The maximum absolute atomic E-state index is 5.82. The molecule has 4 rings (SSSR count). The lowest BCUT2D eigenvalue weighted by molar-refractivity contribution is 0.312. The van der Waals surface area contributed by atoms with Crippen molar-refractivity contribution < 1.29 is 0 Å². The van der Waals surface area contributed by atoms with Crippen LogP contribution < -0.4 is 5.32 Å². The second-order valence-corrected chi connectivity index (χ2v) is 9.16. The fraction of sp³-hybridized carbons (Fsp3) is 0.407. The first-order valence-electron chi connectivity index (χ1n) is 11.7. The monoisotopic (exact) mass is 446 g/mol. The molecule has 1 fully saturated rings. The Balaban J connectivity index is 1.86. The van der Waals surface area contributed by atoms with Gasteiger partial charge in [0, 0.05) is 24.1 Å². The normalized spacial score (nSPS) is 18.3. The number of thiocarbonyl (C=S) groups is 1. The van der Waals surface area contributed by atoms with Crippen LogP contribution in [-0.2, 0) is 6.42 Å². The van der Waals surface area contributed by atoms with E-state index in [0.717, 1.165) is 36.6 Å². The van der Waals surface area contributed by atoms with Crippen molar-refractivity contribution in [2.75, 3.05) is 6.54 Å². The molecule has 0 bridgehead atoms. The topological polar surface area (TPSA) is 33.1 Å². The molecule has 1 N–H and O–H groups in total. The molecule has 1 aliphatic heterocycles. The van der Waals surface area contributed by atoms with Gasteiger partial charge in [0.1, 0.15) is 0 Å². The Morgan fingerprint density at radius 3 is 2.56 bits per heavy atom. The Bertz CT molecular complexity index is 1100. The van der Waals surface area contributed by atoms with Gasteiger partial charge in [-0.1, -0.05) is 44.5 Å². The van der Waals surface area contributed by atoms with Gasteiger partial charge in [-0.2, -0.15) is 0 Å². The predicted molar refractivity (Wildman–Crippen MR) is 136 cm³/mol. The molecule has 0 spiro atoms. The first-order valence-corrected chi connectivity index (χ1v) is 12.1. The summed E-state index contributed by atoms with van der Waals surface area (Å²) < 4.78 is 2.44. The van der Waals surface area contributed by atoms with E-state index in [1.807, 2.05) is 12.3 Å². The molecule has 5 heteroatoms.